The molecule has 0 aliphatic carbocycles. The van der Waals surface area contributed by atoms with Gasteiger partial charge in [0.05, 0.1) is 12.3 Å². The first-order valence-corrected chi connectivity index (χ1v) is 10.0. The lowest BCUT2D eigenvalue weighted by molar-refractivity contribution is -0.129. The maximum absolute atomic E-state index is 11.6. The first-order chi connectivity index (χ1) is 14.7. The molecule has 3 aromatic rings. The van der Waals surface area contributed by atoms with E-state index in [0.717, 1.165) is 11.3 Å². The van der Waals surface area contributed by atoms with Crippen LogP contribution in [0.15, 0.2) is 52.9 Å². The van der Waals surface area contributed by atoms with E-state index in [4.69, 9.17) is 13.9 Å². The minimum atomic E-state index is -1.51. The molecule has 1 heterocycles. The number of oxazole rings is 1. The van der Waals surface area contributed by atoms with Crippen LogP contribution in [0.1, 0.15) is 32.2 Å². The number of ketones is 1. The Morgan fingerprint density at radius 2 is 1.68 bits per heavy atom. The van der Waals surface area contributed by atoms with E-state index in [1.165, 1.54) is 6.92 Å². The fourth-order valence-electron chi connectivity index (χ4n) is 2.82. The lowest BCUT2D eigenvalue weighted by Crippen LogP contribution is -2.36. The van der Waals surface area contributed by atoms with Crippen LogP contribution >= 0.6 is 0 Å². The molecule has 0 saturated carbocycles. The topological polar surface area (TPSA) is 102 Å². The van der Waals surface area contributed by atoms with Gasteiger partial charge in [-0.2, -0.15) is 0 Å². The first kappa shape index (κ1) is 22.6. The van der Waals surface area contributed by atoms with Crippen LogP contribution in [-0.2, 0) is 11.2 Å². The Balaban J connectivity index is 1.57. The van der Waals surface area contributed by atoms with Crippen molar-refractivity contribution in [3.63, 3.8) is 0 Å². The van der Waals surface area contributed by atoms with Gasteiger partial charge >= 0.3 is 7.12 Å². The normalized spacial score (nSPS) is 11.3. The number of hydrogen-bond donors (Lipinski definition) is 2. The zero-order chi connectivity index (χ0) is 22.6. The summed E-state index contributed by atoms with van der Waals surface area (Å²) in [6.45, 7) is 7.24. The Morgan fingerprint density at radius 1 is 1.06 bits per heavy atom. The van der Waals surface area contributed by atoms with Crippen molar-refractivity contribution in [1.82, 2.24) is 4.98 Å². The molecular formula is C23H26BNO6. The average Bonchev–Trinajstić information content (AvgIpc) is 3.09. The molecule has 1 aromatic heterocycles. The van der Waals surface area contributed by atoms with Gasteiger partial charge in [0.25, 0.3) is 0 Å². The maximum Gasteiger partial charge on any atom is 0.488 e. The predicted octanol–water partition coefficient (Wildman–Crippen LogP) is 2.70. The molecule has 0 bridgehead atoms. The van der Waals surface area contributed by atoms with E-state index >= 15 is 0 Å². The second-order valence-corrected chi connectivity index (χ2v) is 7.76. The van der Waals surface area contributed by atoms with Crippen LogP contribution in [0.4, 0.5) is 0 Å². The Kier molecular flexibility index (Phi) is 6.82. The smallest absolute Gasteiger partial charge is 0.488 e. The highest BCUT2D eigenvalue weighted by atomic mass is 16.5. The Labute approximate surface area is 181 Å². The van der Waals surface area contributed by atoms with Gasteiger partial charge in [0.15, 0.2) is 11.4 Å². The molecular weight excluding hydrogens is 397 g/mol. The standard InChI is InChI=1S/C23H26BNO6/c1-15-21(25-22(30-15)17-5-7-18(8-6-17)24(27)28)13-14-29-19-9-11-20(12-10-19)31-23(3,4)16(2)26/h5-12,27-28H,13-14H2,1-4H3. The lowest BCUT2D eigenvalue weighted by atomic mass is 9.80. The van der Waals surface area contributed by atoms with Crippen LogP contribution in [0.3, 0.4) is 0 Å². The van der Waals surface area contributed by atoms with Gasteiger partial charge in [-0.3, -0.25) is 4.79 Å². The van der Waals surface area contributed by atoms with Crippen molar-refractivity contribution in [2.75, 3.05) is 6.61 Å². The molecule has 162 valence electrons. The quantitative estimate of drug-likeness (QED) is 0.511. The zero-order valence-corrected chi connectivity index (χ0v) is 18.1. The number of benzene rings is 2. The lowest BCUT2D eigenvalue weighted by Gasteiger charge is -2.23. The molecule has 7 nitrogen and oxygen atoms in total. The van der Waals surface area contributed by atoms with Crippen molar-refractivity contribution in [3.05, 3.63) is 60.0 Å². The van der Waals surface area contributed by atoms with Crippen molar-refractivity contribution in [1.29, 1.82) is 0 Å². The van der Waals surface area contributed by atoms with E-state index in [9.17, 15) is 14.8 Å². The van der Waals surface area contributed by atoms with E-state index in [0.29, 0.717) is 41.6 Å². The third-order valence-electron chi connectivity index (χ3n) is 5.00. The minimum Gasteiger partial charge on any atom is -0.493 e. The van der Waals surface area contributed by atoms with Crippen molar-refractivity contribution < 1.29 is 28.7 Å². The molecule has 0 radical (unpaired) electrons. The highest BCUT2D eigenvalue weighted by Crippen LogP contribution is 2.24. The molecule has 0 atom stereocenters. The summed E-state index contributed by atoms with van der Waals surface area (Å²) in [5.74, 6) is 2.43. The summed E-state index contributed by atoms with van der Waals surface area (Å²) in [4.78, 5) is 16.1. The van der Waals surface area contributed by atoms with Crippen LogP contribution in [-0.4, -0.2) is 40.1 Å². The summed E-state index contributed by atoms with van der Waals surface area (Å²) < 4.78 is 17.3. The van der Waals surface area contributed by atoms with E-state index in [-0.39, 0.29) is 5.78 Å². The largest absolute Gasteiger partial charge is 0.493 e. The molecule has 0 fully saturated rings. The summed E-state index contributed by atoms with van der Waals surface area (Å²) in [7, 11) is -1.51. The number of hydrogen-bond acceptors (Lipinski definition) is 7. The van der Waals surface area contributed by atoms with Gasteiger partial charge in [-0.05, 0) is 69.6 Å². The highest BCUT2D eigenvalue weighted by molar-refractivity contribution is 6.58. The van der Waals surface area contributed by atoms with Crippen molar-refractivity contribution in [3.8, 4) is 23.0 Å². The molecule has 2 aromatic carbocycles. The van der Waals surface area contributed by atoms with Gasteiger partial charge < -0.3 is 23.9 Å². The van der Waals surface area contributed by atoms with Crippen molar-refractivity contribution in [2.45, 2.75) is 39.7 Å². The summed E-state index contributed by atoms with van der Waals surface area (Å²) in [6.07, 6.45) is 0.568. The van der Waals surface area contributed by atoms with Crippen LogP contribution in [0.5, 0.6) is 11.5 Å². The molecule has 0 amide bonds. The number of rotatable bonds is 9. The molecule has 0 unspecified atom stereocenters. The maximum atomic E-state index is 11.6. The Morgan fingerprint density at radius 3 is 2.26 bits per heavy atom. The van der Waals surface area contributed by atoms with Crippen molar-refractivity contribution in [2.24, 2.45) is 0 Å². The minimum absolute atomic E-state index is 0.0443. The molecule has 0 saturated heterocycles. The fourth-order valence-corrected chi connectivity index (χ4v) is 2.82. The third kappa shape index (κ3) is 5.74. The summed E-state index contributed by atoms with van der Waals surface area (Å²) in [5.41, 5.74) is 1.08. The van der Waals surface area contributed by atoms with E-state index in [2.05, 4.69) is 4.98 Å². The van der Waals surface area contributed by atoms with Crippen molar-refractivity contribution >= 4 is 18.4 Å². The number of carbonyl (C=O) groups is 1. The molecule has 0 aliphatic heterocycles. The number of ether oxygens (including phenoxy) is 2. The zero-order valence-electron chi connectivity index (χ0n) is 18.1. The van der Waals surface area contributed by atoms with Gasteiger partial charge in [-0.25, -0.2) is 4.98 Å². The molecule has 0 aliphatic rings. The van der Waals surface area contributed by atoms with Gasteiger partial charge in [-0.1, -0.05) is 12.1 Å². The van der Waals surface area contributed by atoms with Crippen LogP contribution < -0.4 is 14.9 Å². The highest BCUT2D eigenvalue weighted by Gasteiger charge is 2.25. The fraction of sp³-hybridized carbons (Fsp3) is 0.304. The predicted molar refractivity (Wildman–Crippen MR) is 118 cm³/mol. The second kappa shape index (κ2) is 9.37. The molecule has 8 heteroatoms. The summed E-state index contributed by atoms with van der Waals surface area (Å²) in [6, 6.07) is 13.8. The Hall–Kier alpha value is -3.10. The van der Waals surface area contributed by atoms with Crippen LogP contribution in [0.25, 0.3) is 11.5 Å². The average molecular weight is 423 g/mol. The molecule has 0 spiro atoms. The third-order valence-corrected chi connectivity index (χ3v) is 5.00. The van der Waals surface area contributed by atoms with E-state index < -0.39 is 12.7 Å². The molecule has 2 N–H and O–H groups in total. The summed E-state index contributed by atoms with van der Waals surface area (Å²) >= 11 is 0. The van der Waals surface area contributed by atoms with E-state index in [1.54, 1.807) is 62.4 Å². The molecule has 31 heavy (non-hydrogen) atoms. The van der Waals surface area contributed by atoms with Gasteiger partial charge in [0.2, 0.25) is 5.89 Å². The number of Topliss-reactive ketones (excluding diaryl/α,β-unsaturated/α-hetero) is 1. The van der Waals surface area contributed by atoms with Crippen LogP contribution in [0.2, 0.25) is 0 Å². The number of aromatic nitrogens is 1. The summed E-state index contributed by atoms with van der Waals surface area (Å²) in [5, 5.41) is 18.4. The number of carbonyl (C=O) groups excluding carboxylic acids is 1. The van der Waals surface area contributed by atoms with Gasteiger partial charge in [-0.15, -0.1) is 0 Å². The monoisotopic (exact) mass is 423 g/mol. The van der Waals surface area contributed by atoms with Gasteiger partial charge in [0.1, 0.15) is 17.3 Å². The first-order valence-electron chi connectivity index (χ1n) is 10.0. The number of nitrogens with zero attached hydrogens (tertiary/aromatic N) is 1. The second-order valence-electron chi connectivity index (χ2n) is 7.76. The van der Waals surface area contributed by atoms with Gasteiger partial charge in [0, 0.05) is 12.0 Å². The van der Waals surface area contributed by atoms with Crippen LogP contribution in [0, 0.1) is 6.92 Å². The Bertz CT molecular complexity index is 1030. The SMILES string of the molecule is CC(=O)C(C)(C)Oc1ccc(OCCc2nc(-c3ccc(B(O)O)cc3)oc2C)cc1. The van der Waals surface area contributed by atoms with E-state index in [1.807, 2.05) is 6.92 Å². The number of aryl methyl sites for hydroxylation is 1. The molecule has 3 rings (SSSR count).